The van der Waals surface area contributed by atoms with Gasteiger partial charge in [0.1, 0.15) is 0 Å². The third kappa shape index (κ3) is 1.99. The van der Waals surface area contributed by atoms with Crippen molar-refractivity contribution in [3.8, 4) is 0 Å². The molecule has 0 amide bonds. The van der Waals surface area contributed by atoms with Crippen molar-refractivity contribution >= 4 is 16.0 Å². The molecule has 1 saturated heterocycles. The van der Waals surface area contributed by atoms with Crippen LogP contribution in [0, 0.1) is 6.92 Å². The number of benzene rings is 1. The second-order valence-electron chi connectivity index (χ2n) is 4.36. The Morgan fingerprint density at radius 2 is 2.06 bits per heavy atom. The normalized spacial score (nSPS) is 19.2. The monoisotopic (exact) mass is 273 g/mol. The first-order valence-corrected chi connectivity index (χ1v) is 6.69. The number of nitrogens with zero attached hydrogens (tertiary/aromatic N) is 1. The van der Waals surface area contributed by atoms with Crippen LogP contribution >= 0.6 is 0 Å². The van der Waals surface area contributed by atoms with Crippen molar-refractivity contribution in [2.24, 2.45) is 0 Å². The molecule has 7 heteroatoms. The van der Waals surface area contributed by atoms with E-state index in [4.69, 9.17) is 5.11 Å². The molecule has 1 fully saturated rings. The number of aryl methyl sites for hydroxylation is 1. The molecule has 18 heavy (non-hydrogen) atoms. The van der Waals surface area contributed by atoms with Gasteiger partial charge < -0.3 is 5.11 Å². The fourth-order valence-electron chi connectivity index (χ4n) is 1.74. The number of carbonyl (C=O) groups is 1. The van der Waals surface area contributed by atoms with Crippen molar-refractivity contribution in [2.75, 3.05) is 13.1 Å². The first kappa shape index (κ1) is 13.0. The molecular weight excluding hydrogens is 261 g/mol. The minimum absolute atomic E-state index is 0.0509. The molecule has 0 bridgehead atoms. The van der Waals surface area contributed by atoms with Gasteiger partial charge in [0.05, 0.1) is 18.0 Å². The summed E-state index contributed by atoms with van der Waals surface area (Å²) in [5, 5.41) is 8.59. The maximum Gasteiger partial charge on any atom is 0.344 e. The smallest absolute Gasteiger partial charge is 0.344 e. The summed E-state index contributed by atoms with van der Waals surface area (Å²) in [6.07, 6.45) is 0. The van der Waals surface area contributed by atoms with Crippen LogP contribution in [0.1, 0.15) is 5.56 Å². The maximum atomic E-state index is 13.5. The van der Waals surface area contributed by atoms with Crippen molar-refractivity contribution in [1.29, 1.82) is 0 Å². The second-order valence-corrected chi connectivity index (χ2v) is 6.30. The lowest BCUT2D eigenvalue weighted by atomic mass is 10.0. The molecule has 0 atom stereocenters. The van der Waals surface area contributed by atoms with Crippen LogP contribution in [-0.2, 0) is 14.8 Å². The Morgan fingerprint density at radius 3 is 2.56 bits per heavy atom. The number of halogens is 1. The minimum atomic E-state index is -3.80. The maximum absolute atomic E-state index is 13.5. The number of hydrogen-bond donors (Lipinski definition) is 1. The Bertz CT molecular complexity index is 593. The number of rotatable bonds is 3. The van der Waals surface area contributed by atoms with E-state index < -0.39 is 34.8 Å². The van der Waals surface area contributed by atoms with Crippen molar-refractivity contribution < 1.29 is 22.7 Å². The molecule has 1 aliphatic rings. The van der Waals surface area contributed by atoms with Gasteiger partial charge in [-0.15, -0.1) is 0 Å². The number of hydrogen-bond acceptors (Lipinski definition) is 3. The van der Waals surface area contributed by atoms with Gasteiger partial charge in [0.25, 0.3) is 0 Å². The van der Waals surface area contributed by atoms with Gasteiger partial charge in [-0.1, -0.05) is 12.1 Å². The van der Waals surface area contributed by atoms with Crippen LogP contribution in [-0.4, -0.2) is 42.6 Å². The van der Waals surface area contributed by atoms with E-state index in [1.165, 1.54) is 12.1 Å². The number of alkyl halides is 1. The van der Waals surface area contributed by atoms with Crippen LogP contribution in [0.15, 0.2) is 29.2 Å². The van der Waals surface area contributed by atoms with E-state index in [9.17, 15) is 17.6 Å². The molecule has 0 unspecified atom stereocenters. The Balaban J connectivity index is 2.23. The number of carboxylic acids is 1. The van der Waals surface area contributed by atoms with Gasteiger partial charge in [0.15, 0.2) is 0 Å². The minimum Gasteiger partial charge on any atom is -0.479 e. The van der Waals surface area contributed by atoms with E-state index in [0.717, 1.165) is 9.87 Å². The predicted octanol–water partition coefficient (Wildman–Crippen LogP) is 0.792. The zero-order valence-corrected chi connectivity index (χ0v) is 10.4. The van der Waals surface area contributed by atoms with E-state index >= 15 is 0 Å². The molecule has 1 aromatic rings. The highest BCUT2D eigenvalue weighted by Crippen LogP contribution is 2.31. The number of carboxylic acid groups (broad SMARTS) is 1. The highest BCUT2D eigenvalue weighted by atomic mass is 32.2. The lowest BCUT2D eigenvalue weighted by Gasteiger charge is -2.40. The van der Waals surface area contributed by atoms with Crippen LogP contribution in [0.2, 0.25) is 0 Å². The van der Waals surface area contributed by atoms with Gasteiger partial charge in [-0.25, -0.2) is 17.6 Å². The van der Waals surface area contributed by atoms with E-state index in [1.807, 2.05) is 0 Å². The van der Waals surface area contributed by atoms with E-state index in [-0.39, 0.29) is 4.90 Å². The topological polar surface area (TPSA) is 74.7 Å². The summed E-state index contributed by atoms with van der Waals surface area (Å²) in [6, 6.07) is 6.20. The summed E-state index contributed by atoms with van der Waals surface area (Å²) < 4.78 is 38.4. The van der Waals surface area contributed by atoms with E-state index in [0.29, 0.717) is 0 Å². The first-order valence-electron chi connectivity index (χ1n) is 5.25. The Hall–Kier alpha value is -1.47. The lowest BCUT2D eigenvalue weighted by Crippen LogP contribution is -2.64. The van der Waals surface area contributed by atoms with Crippen LogP contribution in [0.5, 0.6) is 0 Å². The fraction of sp³-hybridized carbons (Fsp3) is 0.364. The summed E-state index contributed by atoms with van der Waals surface area (Å²) >= 11 is 0. The molecule has 0 radical (unpaired) electrons. The van der Waals surface area contributed by atoms with Crippen LogP contribution < -0.4 is 0 Å². The Morgan fingerprint density at radius 1 is 1.44 bits per heavy atom. The van der Waals surface area contributed by atoms with Gasteiger partial charge in [-0.3, -0.25) is 0 Å². The second kappa shape index (κ2) is 4.03. The zero-order chi connectivity index (χ0) is 13.6. The number of aliphatic carboxylic acids is 1. The summed E-state index contributed by atoms with van der Waals surface area (Å²) in [7, 11) is -3.80. The summed E-state index contributed by atoms with van der Waals surface area (Å²) in [5.74, 6) is -1.63. The molecule has 0 saturated carbocycles. The van der Waals surface area contributed by atoms with Gasteiger partial charge in [-0.2, -0.15) is 4.31 Å². The third-order valence-electron chi connectivity index (χ3n) is 2.86. The predicted molar refractivity (Wildman–Crippen MR) is 61.4 cm³/mol. The quantitative estimate of drug-likeness (QED) is 0.883. The largest absolute Gasteiger partial charge is 0.479 e. The van der Waals surface area contributed by atoms with Gasteiger partial charge in [-0.05, 0) is 24.6 Å². The van der Waals surface area contributed by atoms with Crippen LogP contribution in [0.25, 0.3) is 0 Å². The van der Waals surface area contributed by atoms with Gasteiger partial charge in [0.2, 0.25) is 15.7 Å². The zero-order valence-electron chi connectivity index (χ0n) is 9.63. The summed E-state index contributed by atoms with van der Waals surface area (Å²) in [6.45, 7) is 0.461. The standard InChI is InChI=1S/C11H12FNO4S/c1-8-3-2-4-9(5-8)18(16,17)13-6-11(12,7-13)10(14)15/h2-5H,6-7H2,1H3,(H,14,15). The van der Waals surface area contributed by atoms with E-state index in [2.05, 4.69) is 0 Å². The van der Waals surface area contributed by atoms with Crippen molar-refractivity contribution in [3.05, 3.63) is 29.8 Å². The van der Waals surface area contributed by atoms with E-state index in [1.54, 1.807) is 19.1 Å². The summed E-state index contributed by atoms with van der Waals surface area (Å²) in [5.41, 5.74) is -1.70. The average Bonchev–Trinajstić information content (AvgIpc) is 2.24. The molecule has 0 aliphatic carbocycles. The van der Waals surface area contributed by atoms with Gasteiger partial charge >= 0.3 is 5.97 Å². The molecule has 1 aromatic carbocycles. The third-order valence-corrected chi connectivity index (χ3v) is 4.65. The molecular formula is C11H12FNO4S. The highest BCUT2D eigenvalue weighted by Gasteiger charge is 2.54. The molecule has 0 spiro atoms. The molecule has 0 aromatic heterocycles. The fourth-order valence-corrected chi connectivity index (χ4v) is 3.38. The van der Waals surface area contributed by atoms with Crippen LogP contribution in [0.3, 0.4) is 0 Å². The van der Waals surface area contributed by atoms with Crippen molar-refractivity contribution in [2.45, 2.75) is 17.5 Å². The summed E-state index contributed by atoms with van der Waals surface area (Å²) in [4.78, 5) is 10.6. The van der Waals surface area contributed by atoms with Gasteiger partial charge in [0, 0.05) is 0 Å². The molecule has 1 N–H and O–H groups in total. The van der Waals surface area contributed by atoms with Crippen LogP contribution in [0.4, 0.5) is 4.39 Å². The molecule has 5 nitrogen and oxygen atoms in total. The number of sulfonamides is 1. The van der Waals surface area contributed by atoms with Crippen molar-refractivity contribution in [3.63, 3.8) is 0 Å². The Labute approximate surface area is 104 Å². The highest BCUT2D eigenvalue weighted by molar-refractivity contribution is 7.89. The van der Waals surface area contributed by atoms with Crippen molar-refractivity contribution in [1.82, 2.24) is 4.31 Å². The average molecular weight is 273 g/mol. The lowest BCUT2D eigenvalue weighted by molar-refractivity contribution is -0.158. The molecule has 1 aliphatic heterocycles. The molecule has 1 heterocycles. The SMILES string of the molecule is Cc1cccc(S(=O)(=O)N2CC(F)(C(=O)O)C2)c1. The Kier molecular flexibility index (Phi) is 2.90. The first-order chi connectivity index (χ1) is 8.25. The molecule has 98 valence electrons. The molecule has 2 rings (SSSR count).